The number of fused-ring (bicyclic) bond motifs is 1. The van der Waals surface area contributed by atoms with Crippen molar-refractivity contribution in [3.05, 3.63) is 60.4 Å². The highest BCUT2D eigenvalue weighted by Crippen LogP contribution is 2.11. The molecule has 0 fully saturated rings. The molecule has 0 bridgehead atoms. The summed E-state index contributed by atoms with van der Waals surface area (Å²) in [5, 5.41) is 13.2. The Morgan fingerprint density at radius 2 is 2.14 bits per heavy atom. The van der Waals surface area contributed by atoms with E-state index in [1.54, 1.807) is 35.2 Å². The Hall–Kier alpha value is -3.15. The summed E-state index contributed by atoms with van der Waals surface area (Å²) >= 11 is 0. The van der Waals surface area contributed by atoms with Crippen molar-refractivity contribution in [2.24, 2.45) is 5.10 Å². The molecule has 6 nitrogen and oxygen atoms in total. The van der Waals surface area contributed by atoms with Crippen molar-refractivity contribution < 1.29 is 9.90 Å². The molecular weight excluding hydrogens is 280 g/mol. The van der Waals surface area contributed by atoms with E-state index in [1.165, 1.54) is 6.21 Å². The van der Waals surface area contributed by atoms with Gasteiger partial charge in [0, 0.05) is 0 Å². The number of hydrazone groups is 1. The van der Waals surface area contributed by atoms with Gasteiger partial charge in [-0.05, 0) is 29.8 Å². The summed E-state index contributed by atoms with van der Waals surface area (Å²) in [5.74, 6) is -0.0975. The predicted octanol–water partition coefficient (Wildman–Crippen LogP) is 1.89. The van der Waals surface area contributed by atoms with Crippen LogP contribution in [0.1, 0.15) is 5.56 Å². The Kier molecular flexibility index (Phi) is 3.82. The molecule has 2 N–H and O–H groups in total. The summed E-state index contributed by atoms with van der Waals surface area (Å²) in [6.07, 6.45) is 3.10. The topological polar surface area (TPSA) is 79.5 Å². The molecule has 22 heavy (non-hydrogen) atoms. The van der Waals surface area contributed by atoms with Crippen LogP contribution in [0.3, 0.4) is 0 Å². The van der Waals surface area contributed by atoms with Crippen LogP contribution in [-0.4, -0.2) is 26.8 Å². The first-order chi connectivity index (χ1) is 10.7. The number of aromatic hydroxyl groups is 1. The summed E-state index contributed by atoms with van der Waals surface area (Å²) in [7, 11) is 0. The van der Waals surface area contributed by atoms with Crippen molar-refractivity contribution in [3.63, 3.8) is 0 Å². The zero-order valence-corrected chi connectivity index (χ0v) is 11.7. The van der Waals surface area contributed by atoms with E-state index in [0.717, 1.165) is 11.0 Å². The fourth-order valence-electron chi connectivity index (χ4n) is 2.11. The molecule has 0 aliphatic carbocycles. The molecule has 0 saturated heterocycles. The van der Waals surface area contributed by atoms with E-state index in [2.05, 4.69) is 15.5 Å². The van der Waals surface area contributed by atoms with Crippen LogP contribution >= 0.6 is 0 Å². The number of aromatic nitrogens is 2. The first-order valence-electron chi connectivity index (χ1n) is 6.73. The Labute approximate surface area is 126 Å². The molecule has 0 aliphatic rings. The van der Waals surface area contributed by atoms with Crippen molar-refractivity contribution in [3.8, 4) is 5.75 Å². The van der Waals surface area contributed by atoms with E-state index in [1.807, 2.05) is 24.3 Å². The first-order valence-corrected chi connectivity index (χ1v) is 6.73. The Bertz CT molecular complexity index is 839. The lowest BCUT2D eigenvalue weighted by Gasteiger charge is -2.02. The molecular formula is C16H14N4O2. The summed E-state index contributed by atoms with van der Waals surface area (Å²) in [6, 6.07) is 14.2. The summed E-state index contributed by atoms with van der Waals surface area (Å²) in [6.45, 7) is 0.137. The third kappa shape index (κ3) is 3.12. The number of amides is 1. The second-order valence-corrected chi connectivity index (χ2v) is 4.75. The number of nitrogens with one attached hydrogen (secondary N) is 1. The Morgan fingerprint density at radius 1 is 1.27 bits per heavy atom. The zero-order valence-electron chi connectivity index (χ0n) is 11.7. The van der Waals surface area contributed by atoms with Crippen molar-refractivity contribution in [2.45, 2.75) is 6.54 Å². The molecule has 0 atom stereocenters. The highest BCUT2D eigenvalue weighted by atomic mass is 16.3. The van der Waals surface area contributed by atoms with Gasteiger partial charge in [-0.2, -0.15) is 5.10 Å². The van der Waals surface area contributed by atoms with Gasteiger partial charge in [0.25, 0.3) is 5.91 Å². The van der Waals surface area contributed by atoms with Crippen LogP contribution < -0.4 is 5.43 Å². The van der Waals surface area contributed by atoms with Gasteiger partial charge < -0.3 is 9.67 Å². The number of phenols is 1. The Balaban J connectivity index is 1.63. The predicted molar refractivity (Wildman–Crippen MR) is 83.6 cm³/mol. The number of para-hydroxylation sites is 2. The molecule has 1 amide bonds. The molecule has 2 aromatic carbocycles. The van der Waals surface area contributed by atoms with Gasteiger partial charge in [-0.3, -0.25) is 4.79 Å². The average Bonchev–Trinajstić information content (AvgIpc) is 2.91. The van der Waals surface area contributed by atoms with Gasteiger partial charge in [0.2, 0.25) is 0 Å². The molecule has 1 aromatic heterocycles. The highest BCUT2D eigenvalue weighted by molar-refractivity contribution is 5.83. The van der Waals surface area contributed by atoms with Crippen LogP contribution in [-0.2, 0) is 11.3 Å². The number of phenolic OH excluding ortho intramolecular Hbond substituents is 1. The maximum atomic E-state index is 11.9. The van der Waals surface area contributed by atoms with E-state index in [9.17, 15) is 9.90 Å². The van der Waals surface area contributed by atoms with Gasteiger partial charge in [0.15, 0.2) is 0 Å². The van der Waals surface area contributed by atoms with E-state index in [0.29, 0.717) is 5.56 Å². The fourth-order valence-corrected chi connectivity index (χ4v) is 2.11. The van der Waals surface area contributed by atoms with Crippen LogP contribution in [0, 0.1) is 0 Å². The number of benzene rings is 2. The number of imidazole rings is 1. The van der Waals surface area contributed by atoms with Crippen LogP contribution in [0.15, 0.2) is 60.0 Å². The van der Waals surface area contributed by atoms with Crippen molar-refractivity contribution in [1.82, 2.24) is 15.0 Å². The summed E-state index contributed by atoms with van der Waals surface area (Å²) in [4.78, 5) is 16.1. The van der Waals surface area contributed by atoms with E-state index >= 15 is 0 Å². The van der Waals surface area contributed by atoms with Crippen LogP contribution in [0.25, 0.3) is 11.0 Å². The number of rotatable bonds is 4. The minimum absolute atomic E-state index is 0.137. The second-order valence-electron chi connectivity index (χ2n) is 4.75. The van der Waals surface area contributed by atoms with Crippen LogP contribution in [0.4, 0.5) is 0 Å². The monoisotopic (exact) mass is 294 g/mol. The van der Waals surface area contributed by atoms with Crippen LogP contribution in [0.2, 0.25) is 0 Å². The Morgan fingerprint density at radius 3 is 3.00 bits per heavy atom. The number of carbonyl (C=O) groups is 1. The summed E-state index contributed by atoms with van der Waals surface area (Å²) < 4.78 is 1.76. The second kappa shape index (κ2) is 6.09. The third-order valence-electron chi connectivity index (χ3n) is 3.11. The van der Waals surface area contributed by atoms with E-state index < -0.39 is 0 Å². The maximum absolute atomic E-state index is 11.9. The standard InChI is InChI=1S/C16H14N4O2/c21-13-5-3-4-12(8-13)9-18-19-16(22)10-20-11-17-14-6-1-2-7-15(14)20/h1-9,11,21H,10H2,(H,19,22)/b18-9-. The zero-order chi connectivity index (χ0) is 15.4. The van der Waals surface area contributed by atoms with Gasteiger partial charge in [-0.25, -0.2) is 10.4 Å². The average molecular weight is 294 g/mol. The molecule has 6 heteroatoms. The number of nitrogens with zero attached hydrogens (tertiary/aromatic N) is 3. The number of hydrogen-bond donors (Lipinski definition) is 2. The molecule has 0 saturated carbocycles. The SMILES string of the molecule is O=C(Cn1cnc2ccccc21)N/N=C\c1cccc(O)c1. The molecule has 1 heterocycles. The third-order valence-corrected chi connectivity index (χ3v) is 3.11. The molecule has 0 unspecified atom stereocenters. The van der Waals surface area contributed by atoms with Gasteiger partial charge in [-0.1, -0.05) is 24.3 Å². The van der Waals surface area contributed by atoms with Crippen molar-refractivity contribution in [2.75, 3.05) is 0 Å². The maximum Gasteiger partial charge on any atom is 0.260 e. The molecule has 3 rings (SSSR count). The first kappa shape index (κ1) is 13.8. The largest absolute Gasteiger partial charge is 0.508 e. The minimum Gasteiger partial charge on any atom is -0.508 e. The van der Waals surface area contributed by atoms with Crippen LogP contribution in [0.5, 0.6) is 5.75 Å². The number of hydrogen-bond acceptors (Lipinski definition) is 4. The fraction of sp³-hybridized carbons (Fsp3) is 0.0625. The molecule has 0 spiro atoms. The lowest BCUT2D eigenvalue weighted by molar-refractivity contribution is -0.121. The van der Waals surface area contributed by atoms with E-state index in [4.69, 9.17) is 0 Å². The normalized spacial score (nSPS) is 11.1. The van der Waals surface area contributed by atoms with Gasteiger partial charge in [-0.15, -0.1) is 0 Å². The lowest BCUT2D eigenvalue weighted by atomic mass is 10.2. The molecule has 0 aliphatic heterocycles. The molecule has 110 valence electrons. The quantitative estimate of drug-likeness (QED) is 0.569. The molecule has 0 radical (unpaired) electrons. The minimum atomic E-state index is -0.250. The smallest absolute Gasteiger partial charge is 0.260 e. The van der Waals surface area contributed by atoms with E-state index in [-0.39, 0.29) is 18.2 Å². The van der Waals surface area contributed by atoms with Gasteiger partial charge in [0.05, 0.1) is 23.6 Å². The molecule has 3 aromatic rings. The van der Waals surface area contributed by atoms with Gasteiger partial charge >= 0.3 is 0 Å². The van der Waals surface area contributed by atoms with Crippen molar-refractivity contribution in [1.29, 1.82) is 0 Å². The lowest BCUT2D eigenvalue weighted by Crippen LogP contribution is -2.22. The van der Waals surface area contributed by atoms with Crippen molar-refractivity contribution >= 4 is 23.2 Å². The van der Waals surface area contributed by atoms with Gasteiger partial charge in [0.1, 0.15) is 12.3 Å². The number of carbonyl (C=O) groups excluding carboxylic acids is 1. The summed E-state index contributed by atoms with van der Waals surface area (Å²) in [5.41, 5.74) is 4.90. The highest BCUT2D eigenvalue weighted by Gasteiger charge is 2.05.